The normalized spacial score (nSPS) is 13.5. The van der Waals surface area contributed by atoms with Crippen molar-refractivity contribution < 1.29 is 23.5 Å². The maximum absolute atomic E-state index is 13.8. The van der Waals surface area contributed by atoms with E-state index in [1.807, 2.05) is 30.3 Å². The van der Waals surface area contributed by atoms with Crippen molar-refractivity contribution >= 4 is 17.5 Å². The van der Waals surface area contributed by atoms with E-state index in [-0.39, 0.29) is 24.1 Å². The molecule has 36 heavy (non-hydrogen) atoms. The minimum atomic E-state index is -1.42. The van der Waals surface area contributed by atoms with Crippen molar-refractivity contribution in [1.82, 2.24) is 5.32 Å². The first-order chi connectivity index (χ1) is 17.2. The van der Waals surface area contributed by atoms with Gasteiger partial charge in [0.05, 0.1) is 0 Å². The molecule has 3 unspecified atom stereocenters. The Morgan fingerprint density at radius 1 is 0.944 bits per heavy atom. The van der Waals surface area contributed by atoms with E-state index in [9.17, 15) is 23.5 Å². The second-order valence-corrected chi connectivity index (χ2v) is 8.61. The predicted octanol–water partition coefficient (Wildman–Crippen LogP) is 2.52. The number of anilines is 1. The van der Waals surface area contributed by atoms with Gasteiger partial charge in [0.25, 0.3) is 11.8 Å². The monoisotopic (exact) mass is 496 g/mol. The average molecular weight is 497 g/mol. The second-order valence-electron chi connectivity index (χ2n) is 8.61. The predicted molar refractivity (Wildman–Crippen MR) is 134 cm³/mol. The number of carbonyl (C=O) groups excluding carboxylic acids is 2. The van der Waals surface area contributed by atoms with Crippen molar-refractivity contribution in [2.45, 2.75) is 37.5 Å². The fourth-order valence-corrected chi connectivity index (χ4v) is 3.66. The molecule has 190 valence electrons. The number of amides is 2. The summed E-state index contributed by atoms with van der Waals surface area (Å²) >= 11 is 0. The highest BCUT2D eigenvalue weighted by molar-refractivity contribution is 5.98. The van der Waals surface area contributed by atoms with Gasteiger partial charge in [0.1, 0.15) is 17.7 Å². The van der Waals surface area contributed by atoms with Crippen LogP contribution in [0.2, 0.25) is 0 Å². The quantitative estimate of drug-likeness (QED) is 0.279. The van der Waals surface area contributed by atoms with Crippen LogP contribution in [0.25, 0.3) is 0 Å². The highest BCUT2D eigenvalue weighted by atomic mass is 19.1. The molecule has 7 N–H and O–H groups in total. The topological polar surface area (TPSA) is 130 Å². The molecule has 0 aromatic heterocycles. The van der Waals surface area contributed by atoms with E-state index in [1.165, 1.54) is 6.07 Å². The first-order valence-corrected chi connectivity index (χ1v) is 11.6. The van der Waals surface area contributed by atoms with E-state index in [4.69, 9.17) is 11.5 Å². The van der Waals surface area contributed by atoms with Crippen LogP contribution >= 0.6 is 0 Å². The first-order valence-electron chi connectivity index (χ1n) is 11.6. The van der Waals surface area contributed by atoms with Gasteiger partial charge in [0, 0.05) is 29.9 Å². The van der Waals surface area contributed by atoms with Crippen molar-refractivity contribution in [2.75, 3.05) is 11.9 Å². The molecule has 2 amide bonds. The summed E-state index contributed by atoms with van der Waals surface area (Å²) in [7, 11) is 0. The highest BCUT2D eigenvalue weighted by Gasteiger charge is 2.23. The van der Waals surface area contributed by atoms with E-state index < -0.39 is 41.6 Å². The van der Waals surface area contributed by atoms with Gasteiger partial charge in [-0.05, 0) is 66.8 Å². The van der Waals surface area contributed by atoms with Crippen molar-refractivity contribution in [3.63, 3.8) is 0 Å². The average Bonchev–Trinajstić information content (AvgIpc) is 2.88. The summed E-state index contributed by atoms with van der Waals surface area (Å²) in [6.45, 7) is 0.0281. The summed E-state index contributed by atoms with van der Waals surface area (Å²) in [5.74, 6) is -2.26. The third-order valence-electron chi connectivity index (χ3n) is 5.69. The molecule has 0 saturated carbocycles. The van der Waals surface area contributed by atoms with Crippen LogP contribution in [0, 0.1) is 11.6 Å². The van der Waals surface area contributed by atoms with Gasteiger partial charge >= 0.3 is 0 Å². The minimum Gasteiger partial charge on any atom is -0.382 e. The van der Waals surface area contributed by atoms with Gasteiger partial charge in [-0.1, -0.05) is 36.4 Å². The Morgan fingerprint density at radius 2 is 1.69 bits per heavy atom. The number of carbonyl (C=O) groups is 2. The molecule has 0 heterocycles. The first kappa shape index (κ1) is 26.9. The zero-order chi connectivity index (χ0) is 26.1. The van der Waals surface area contributed by atoms with Gasteiger partial charge in [-0.25, -0.2) is 8.78 Å². The lowest BCUT2D eigenvalue weighted by molar-refractivity contribution is -0.125. The van der Waals surface area contributed by atoms with Crippen molar-refractivity contribution in [3.8, 4) is 0 Å². The summed E-state index contributed by atoms with van der Waals surface area (Å²) in [5.41, 5.74) is 13.7. The second kappa shape index (κ2) is 12.9. The molecular formula is C27H30F2N4O3. The van der Waals surface area contributed by atoms with E-state index in [1.54, 1.807) is 18.2 Å². The Kier molecular flexibility index (Phi) is 9.63. The Morgan fingerprint density at radius 3 is 2.44 bits per heavy atom. The van der Waals surface area contributed by atoms with Crippen LogP contribution in [0.15, 0.2) is 72.8 Å². The molecule has 7 nitrogen and oxygen atoms in total. The zero-order valence-corrected chi connectivity index (χ0v) is 19.7. The van der Waals surface area contributed by atoms with Crippen LogP contribution in [0.1, 0.15) is 27.9 Å². The number of rotatable bonds is 11. The molecule has 0 aliphatic carbocycles. The Hall–Kier alpha value is -3.66. The minimum absolute atomic E-state index is 0.0281. The van der Waals surface area contributed by atoms with Gasteiger partial charge < -0.3 is 27.2 Å². The molecule has 0 aliphatic rings. The Labute approximate surface area is 208 Å². The molecule has 0 fully saturated rings. The summed E-state index contributed by atoms with van der Waals surface area (Å²) in [4.78, 5) is 25.0. The third-order valence-corrected chi connectivity index (χ3v) is 5.69. The zero-order valence-electron chi connectivity index (χ0n) is 19.7. The Balaban J connectivity index is 1.50. The fourth-order valence-electron chi connectivity index (χ4n) is 3.66. The molecule has 0 bridgehead atoms. The third kappa shape index (κ3) is 7.94. The van der Waals surface area contributed by atoms with Crippen LogP contribution in [-0.4, -0.2) is 41.7 Å². The maximum Gasteiger partial charge on any atom is 0.254 e. The Bertz CT molecular complexity index is 1180. The van der Waals surface area contributed by atoms with E-state index in [2.05, 4.69) is 10.6 Å². The maximum atomic E-state index is 13.8. The van der Waals surface area contributed by atoms with Crippen LogP contribution in [0.4, 0.5) is 14.5 Å². The summed E-state index contributed by atoms with van der Waals surface area (Å²) < 4.78 is 27.1. The number of benzene rings is 3. The lowest BCUT2D eigenvalue weighted by Gasteiger charge is -2.19. The number of nitrogens with two attached hydrogens (primary N) is 2. The van der Waals surface area contributed by atoms with Crippen molar-refractivity contribution in [3.05, 3.63) is 101 Å². The molecule has 9 heteroatoms. The number of aryl methyl sites for hydroxylation is 1. The summed E-state index contributed by atoms with van der Waals surface area (Å²) in [6.07, 6.45) is -0.341. The number of halogens is 2. The molecule has 3 aromatic carbocycles. The standard InChI is InChI=1S/C27H30F2N4O3/c28-20-10-11-23(29)19(13-20)14-21(30)16-32-26(35)18-7-4-8-22(15-18)33-27(36)25(34)24(31)12-9-17-5-2-1-3-6-17/h1-8,10-11,13,15,21,24-25,34H,9,12,14,16,30-31H2,(H,32,35)(H,33,36). The lowest BCUT2D eigenvalue weighted by atomic mass is 10.0. The van der Waals surface area contributed by atoms with Crippen molar-refractivity contribution in [2.24, 2.45) is 11.5 Å². The number of nitrogens with one attached hydrogen (secondary N) is 2. The number of hydrogen-bond donors (Lipinski definition) is 5. The molecule has 0 radical (unpaired) electrons. The van der Waals surface area contributed by atoms with Gasteiger partial charge in [0.2, 0.25) is 0 Å². The molecule has 3 rings (SSSR count). The van der Waals surface area contributed by atoms with Crippen LogP contribution in [-0.2, 0) is 17.6 Å². The smallest absolute Gasteiger partial charge is 0.254 e. The summed E-state index contributed by atoms with van der Waals surface area (Å²) in [5, 5.41) is 15.5. The highest BCUT2D eigenvalue weighted by Crippen LogP contribution is 2.14. The molecule has 3 atom stereocenters. The fraction of sp³-hybridized carbons (Fsp3) is 0.259. The van der Waals surface area contributed by atoms with Crippen LogP contribution < -0.4 is 22.1 Å². The van der Waals surface area contributed by atoms with E-state index >= 15 is 0 Å². The van der Waals surface area contributed by atoms with Crippen LogP contribution in [0.3, 0.4) is 0 Å². The van der Waals surface area contributed by atoms with Gasteiger partial charge in [-0.3, -0.25) is 9.59 Å². The van der Waals surface area contributed by atoms with Gasteiger partial charge in [-0.2, -0.15) is 0 Å². The number of hydrogen-bond acceptors (Lipinski definition) is 5. The number of aliphatic hydroxyl groups is 1. The van der Waals surface area contributed by atoms with E-state index in [0.29, 0.717) is 18.5 Å². The molecule has 0 aliphatic heterocycles. The van der Waals surface area contributed by atoms with E-state index in [0.717, 1.165) is 23.8 Å². The van der Waals surface area contributed by atoms with Crippen molar-refractivity contribution in [1.29, 1.82) is 0 Å². The van der Waals surface area contributed by atoms with Crippen LogP contribution in [0.5, 0.6) is 0 Å². The molecular weight excluding hydrogens is 466 g/mol. The molecule has 0 saturated heterocycles. The molecule has 3 aromatic rings. The number of aliphatic hydroxyl groups excluding tert-OH is 1. The summed E-state index contributed by atoms with van der Waals surface area (Å²) in [6, 6.07) is 17.5. The largest absolute Gasteiger partial charge is 0.382 e. The SMILES string of the molecule is NC(CNC(=O)c1cccc(NC(=O)C(O)C(N)CCc2ccccc2)c1)Cc1cc(F)ccc1F. The van der Waals surface area contributed by atoms with Gasteiger partial charge in [-0.15, -0.1) is 0 Å². The molecule has 0 spiro atoms. The van der Waals surface area contributed by atoms with Gasteiger partial charge in [0.15, 0.2) is 0 Å². The lowest BCUT2D eigenvalue weighted by Crippen LogP contribution is -2.43.